The van der Waals surface area contributed by atoms with Gasteiger partial charge in [-0.05, 0) is 26.0 Å². The molecule has 2 N–H and O–H groups in total. The Morgan fingerprint density at radius 1 is 1.59 bits per heavy atom. The third kappa shape index (κ3) is 1.80. The molecular weight excluding hydrogens is 216 g/mol. The molecule has 1 amide bonds. The highest BCUT2D eigenvalue weighted by Crippen LogP contribution is 2.21. The number of hydrogen-bond acceptors (Lipinski definition) is 3. The number of fused-ring (bicyclic) bond motifs is 1. The fourth-order valence-electron chi connectivity index (χ4n) is 1.72. The summed E-state index contributed by atoms with van der Waals surface area (Å²) in [6.45, 7) is 7.65. The minimum atomic E-state index is -0.483. The largest absolute Gasteiger partial charge is 0.366 e. The minimum Gasteiger partial charge on any atom is -0.366 e. The molecule has 0 bridgehead atoms. The average molecular weight is 230 g/mol. The topological polar surface area (TPSA) is 73.8 Å². The number of primary amides is 1. The van der Waals surface area contributed by atoms with Gasteiger partial charge in [-0.2, -0.15) is 5.10 Å². The van der Waals surface area contributed by atoms with Crippen LogP contribution < -0.4 is 5.73 Å². The standard InChI is InChI=1S/C12H14N4O/c1-4-8-5-9(11(13)17)10-6-14-16(7(2)3)12(10)15-8/h4-7H,1H2,2-3H3,(H2,13,17). The molecule has 5 nitrogen and oxygen atoms in total. The molecule has 0 atom stereocenters. The van der Waals surface area contributed by atoms with Gasteiger partial charge in [0.05, 0.1) is 22.8 Å². The third-order valence-corrected chi connectivity index (χ3v) is 2.55. The van der Waals surface area contributed by atoms with Crippen molar-refractivity contribution in [2.75, 3.05) is 0 Å². The SMILES string of the molecule is C=Cc1cc(C(N)=O)c2cnn(C(C)C)c2n1. The monoisotopic (exact) mass is 230 g/mol. The van der Waals surface area contributed by atoms with E-state index in [1.54, 1.807) is 23.0 Å². The first kappa shape index (κ1) is 11.3. The summed E-state index contributed by atoms with van der Waals surface area (Å²) in [6, 6.07) is 1.80. The lowest BCUT2D eigenvalue weighted by atomic mass is 10.1. The Morgan fingerprint density at radius 3 is 2.82 bits per heavy atom. The van der Waals surface area contributed by atoms with Gasteiger partial charge in [-0.15, -0.1) is 0 Å². The molecule has 0 unspecified atom stereocenters. The van der Waals surface area contributed by atoms with Crippen LogP contribution in [0.1, 0.15) is 35.9 Å². The highest BCUT2D eigenvalue weighted by Gasteiger charge is 2.14. The molecule has 2 rings (SSSR count). The van der Waals surface area contributed by atoms with Crippen LogP contribution in [-0.4, -0.2) is 20.7 Å². The Hall–Kier alpha value is -2.17. The minimum absolute atomic E-state index is 0.167. The number of carbonyl (C=O) groups excluding carboxylic acids is 1. The third-order valence-electron chi connectivity index (χ3n) is 2.55. The van der Waals surface area contributed by atoms with Crippen molar-refractivity contribution in [2.45, 2.75) is 19.9 Å². The van der Waals surface area contributed by atoms with E-state index in [-0.39, 0.29) is 6.04 Å². The molecule has 0 fully saturated rings. The molecule has 0 saturated carbocycles. The zero-order chi connectivity index (χ0) is 12.6. The lowest BCUT2D eigenvalue weighted by Gasteiger charge is -2.07. The van der Waals surface area contributed by atoms with Gasteiger partial charge in [0, 0.05) is 6.04 Å². The molecule has 0 spiro atoms. The molecule has 88 valence electrons. The molecule has 0 radical (unpaired) electrons. The first-order valence-electron chi connectivity index (χ1n) is 5.35. The Bertz CT molecular complexity index is 598. The number of carbonyl (C=O) groups is 1. The summed E-state index contributed by atoms with van der Waals surface area (Å²) in [7, 11) is 0. The van der Waals surface area contributed by atoms with Crippen LogP contribution in [0.3, 0.4) is 0 Å². The van der Waals surface area contributed by atoms with Crippen LogP contribution in [0, 0.1) is 0 Å². The summed E-state index contributed by atoms with van der Waals surface area (Å²) in [5, 5.41) is 4.90. The molecular formula is C12H14N4O. The number of pyridine rings is 1. The number of nitrogens with two attached hydrogens (primary N) is 1. The first-order chi connectivity index (χ1) is 8.04. The van der Waals surface area contributed by atoms with Gasteiger partial charge in [0.2, 0.25) is 5.91 Å². The number of nitrogens with zero attached hydrogens (tertiary/aromatic N) is 3. The summed E-state index contributed by atoms with van der Waals surface area (Å²) >= 11 is 0. The van der Waals surface area contributed by atoms with E-state index in [1.807, 2.05) is 13.8 Å². The Balaban J connectivity index is 2.83. The number of aromatic nitrogens is 3. The van der Waals surface area contributed by atoms with Crippen molar-refractivity contribution < 1.29 is 4.79 Å². The van der Waals surface area contributed by atoms with Gasteiger partial charge in [-0.25, -0.2) is 9.67 Å². The maximum atomic E-state index is 11.4. The van der Waals surface area contributed by atoms with E-state index in [4.69, 9.17) is 5.73 Å². The fourth-order valence-corrected chi connectivity index (χ4v) is 1.72. The second kappa shape index (κ2) is 4.01. The van der Waals surface area contributed by atoms with E-state index in [1.165, 1.54) is 0 Å². The van der Waals surface area contributed by atoms with E-state index in [0.717, 1.165) is 0 Å². The van der Waals surface area contributed by atoms with Crippen molar-refractivity contribution in [3.05, 3.63) is 30.1 Å². The number of amides is 1. The van der Waals surface area contributed by atoms with Gasteiger partial charge in [0.25, 0.3) is 0 Å². The smallest absolute Gasteiger partial charge is 0.249 e. The summed E-state index contributed by atoms with van der Waals surface area (Å²) in [4.78, 5) is 15.8. The Kier molecular flexibility index (Phi) is 2.67. The molecule has 2 aromatic heterocycles. The van der Waals surface area contributed by atoms with Gasteiger partial charge >= 0.3 is 0 Å². The van der Waals surface area contributed by atoms with Crippen LogP contribution in [-0.2, 0) is 0 Å². The lowest BCUT2D eigenvalue weighted by molar-refractivity contribution is 0.100. The predicted octanol–water partition coefficient (Wildman–Crippen LogP) is 1.75. The second-order valence-corrected chi connectivity index (χ2v) is 4.08. The van der Waals surface area contributed by atoms with Crippen LogP contribution in [0.15, 0.2) is 18.8 Å². The van der Waals surface area contributed by atoms with Crippen LogP contribution in [0.25, 0.3) is 17.1 Å². The maximum Gasteiger partial charge on any atom is 0.249 e. The lowest BCUT2D eigenvalue weighted by Crippen LogP contribution is -2.12. The summed E-state index contributed by atoms with van der Waals surface area (Å²) in [5.41, 5.74) is 7.06. The van der Waals surface area contributed by atoms with Gasteiger partial charge in [-0.1, -0.05) is 6.58 Å². The average Bonchev–Trinajstić information content (AvgIpc) is 2.70. The van der Waals surface area contributed by atoms with E-state index in [2.05, 4.69) is 16.7 Å². The van der Waals surface area contributed by atoms with E-state index < -0.39 is 5.91 Å². The molecule has 2 aromatic rings. The fraction of sp³-hybridized carbons (Fsp3) is 0.250. The van der Waals surface area contributed by atoms with Gasteiger partial charge < -0.3 is 5.73 Å². The van der Waals surface area contributed by atoms with Crippen molar-refractivity contribution in [2.24, 2.45) is 5.73 Å². The molecule has 0 saturated heterocycles. The van der Waals surface area contributed by atoms with Crippen molar-refractivity contribution in [1.82, 2.24) is 14.8 Å². The number of hydrogen-bond donors (Lipinski definition) is 1. The van der Waals surface area contributed by atoms with Gasteiger partial charge in [0.15, 0.2) is 5.65 Å². The van der Waals surface area contributed by atoms with Gasteiger partial charge in [0.1, 0.15) is 0 Å². The molecule has 0 aliphatic carbocycles. The molecule has 2 heterocycles. The van der Waals surface area contributed by atoms with E-state index >= 15 is 0 Å². The highest BCUT2D eigenvalue weighted by molar-refractivity contribution is 6.05. The van der Waals surface area contributed by atoms with Gasteiger partial charge in [-0.3, -0.25) is 4.79 Å². The molecule has 17 heavy (non-hydrogen) atoms. The van der Waals surface area contributed by atoms with Crippen LogP contribution in [0.4, 0.5) is 0 Å². The van der Waals surface area contributed by atoms with E-state index in [9.17, 15) is 4.79 Å². The quantitative estimate of drug-likeness (QED) is 0.873. The Morgan fingerprint density at radius 2 is 2.29 bits per heavy atom. The van der Waals surface area contributed by atoms with Crippen molar-refractivity contribution in [3.8, 4) is 0 Å². The summed E-state index contributed by atoms with van der Waals surface area (Å²) in [5.74, 6) is -0.483. The van der Waals surface area contributed by atoms with Crippen LogP contribution >= 0.6 is 0 Å². The van der Waals surface area contributed by atoms with Crippen LogP contribution in [0.5, 0.6) is 0 Å². The summed E-state index contributed by atoms with van der Waals surface area (Å²) < 4.78 is 1.76. The first-order valence-corrected chi connectivity index (χ1v) is 5.35. The maximum absolute atomic E-state index is 11.4. The normalized spacial score (nSPS) is 11.0. The molecule has 0 aromatic carbocycles. The van der Waals surface area contributed by atoms with Crippen LogP contribution in [0.2, 0.25) is 0 Å². The van der Waals surface area contributed by atoms with Crippen molar-refractivity contribution >= 4 is 23.0 Å². The molecule has 0 aliphatic heterocycles. The zero-order valence-electron chi connectivity index (χ0n) is 9.84. The molecule has 0 aliphatic rings. The zero-order valence-corrected chi connectivity index (χ0v) is 9.84. The highest BCUT2D eigenvalue weighted by atomic mass is 16.1. The van der Waals surface area contributed by atoms with E-state index in [0.29, 0.717) is 22.3 Å². The number of rotatable bonds is 3. The molecule has 5 heteroatoms. The summed E-state index contributed by atoms with van der Waals surface area (Å²) in [6.07, 6.45) is 3.21. The Labute approximate surface area is 98.9 Å². The van der Waals surface area contributed by atoms with Crippen molar-refractivity contribution in [3.63, 3.8) is 0 Å². The second-order valence-electron chi connectivity index (χ2n) is 4.08. The van der Waals surface area contributed by atoms with Crippen molar-refractivity contribution in [1.29, 1.82) is 0 Å². The predicted molar refractivity (Wildman–Crippen MR) is 66.5 cm³/mol.